The number of unbranched alkanes of at least 4 members (excludes halogenated alkanes) is 8. The molecule has 4 rings (SSSR count). The van der Waals surface area contributed by atoms with E-state index in [0.29, 0.717) is 5.57 Å². The molecule has 0 unspecified atom stereocenters. The average Bonchev–Trinajstić information content (AvgIpc) is 3.67. The molecule has 1 aliphatic carbocycles. The van der Waals surface area contributed by atoms with Crippen LogP contribution in [0.5, 0.6) is 0 Å². The number of Topliss-reactive ketones (excluding diaryl/α,β-unsaturated/α-hetero) is 1. The topological polar surface area (TPSA) is 135 Å². The summed E-state index contributed by atoms with van der Waals surface area (Å²) in [6.45, 7) is 1.72. The normalized spacial score (nSPS) is 34.0. The van der Waals surface area contributed by atoms with E-state index >= 15 is 0 Å². The number of nitrogens with one attached hydrogen (secondary N) is 1. The second-order valence-corrected chi connectivity index (χ2v) is 9.60. The predicted molar refractivity (Wildman–Crippen MR) is 115 cm³/mol. The van der Waals surface area contributed by atoms with E-state index in [0.717, 1.165) is 57.8 Å². The summed E-state index contributed by atoms with van der Waals surface area (Å²) in [6.07, 6.45) is 9.86. The number of esters is 1. The Morgan fingerprint density at radius 3 is 2.39 bits per heavy atom. The fourth-order valence-electron chi connectivity index (χ4n) is 4.99. The van der Waals surface area contributed by atoms with Gasteiger partial charge in [0.1, 0.15) is 30.5 Å². The molecule has 33 heavy (non-hydrogen) atoms. The monoisotopic (exact) mass is 463 g/mol. The summed E-state index contributed by atoms with van der Waals surface area (Å²) in [4.78, 5) is 48.0. The minimum Gasteiger partial charge on any atom is -0.481 e. The molecular formula is C24H33NO8. The molecule has 1 amide bonds. The molecule has 0 bridgehead atoms. The third kappa shape index (κ3) is 5.30. The Morgan fingerprint density at radius 2 is 1.70 bits per heavy atom. The van der Waals surface area contributed by atoms with Crippen molar-refractivity contribution in [3.8, 4) is 0 Å². The molecule has 3 aliphatic heterocycles. The van der Waals surface area contributed by atoms with E-state index in [1.165, 1.54) is 0 Å². The van der Waals surface area contributed by atoms with E-state index in [2.05, 4.69) is 5.32 Å². The highest BCUT2D eigenvalue weighted by Gasteiger charge is 2.79. The molecule has 4 fully saturated rings. The van der Waals surface area contributed by atoms with Gasteiger partial charge in [0.15, 0.2) is 0 Å². The summed E-state index contributed by atoms with van der Waals surface area (Å²) in [5, 5.41) is 11.3. The van der Waals surface area contributed by atoms with Crippen LogP contribution in [-0.2, 0) is 33.4 Å². The Labute approximate surface area is 193 Å². The van der Waals surface area contributed by atoms with Crippen LogP contribution in [0, 0.1) is 0 Å². The number of fused-ring (bicyclic) bond motifs is 4. The quantitative estimate of drug-likeness (QED) is 0.184. The van der Waals surface area contributed by atoms with Crippen molar-refractivity contribution in [2.45, 2.75) is 114 Å². The standard InChI is InChI=1S/C24H33NO8/c1-14(11-9-7-5-3-2-4-6-8-10-12-16(26)27)22(29)25-15-13-24(33-23(15)30)20(28)18-17(31-18)19-21(24)32-19/h11,15,17-19,21H,2-10,12-13H2,1H3,(H,25,29)(H,26,27)/b14-11+/t15-,17+,18-,19+,21+,24-/m0/s1. The smallest absolute Gasteiger partial charge is 0.329 e. The number of carbonyl (C=O) groups excluding carboxylic acids is 3. The minimum absolute atomic E-state index is 0.0910. The number of allylic oxidation sites excluding steroid dienone is 1. The number of carboxylic acids is 1. The van der Waals surface area contributed by atoms with Gasteiger partial charge >= 0.3 is 11.9 Å². The lowest BCUT2D eigenvalue weighted by Crippen LogP contribution is -2.51. The zero-order valence-corrected chi connectivity index (χ0v) is 19.0. The first kappa shape index (κ1) is 23.9. The number of epoxide rings is 2. The molecule has 4 aliphatic rings. The van der Waals surface area contributed by atoms with Crippen LogP contribution in [0.15, 0.2) is 11.6 Å². The van der Waals surface area contributed by atoms with Crippen LogP contribution in [0.3, 0.4) is 0 Å². The van der Waals surface area contributed by atoms with E-state index < -0.39 is 35.8 Å². The molecule has 9 heteroatoms. The largest absolute Gasteiger partial charge is 0.481 e. The zero-order valence-electron chi connectivity index (χ0n) is 19.0. The molecule has 1 spiro atoms. The van der Waals surface area contributed by atoms with Gasteiger partial charge in [-0.2, -0.15) is 0 Å². The first-order chi connectivity index (χ1) is 15.8. The van der Waals surface area contributed by atoms with Gasteiger partial charge in [0.25, 0.3) is 0 Å². The molecule has 0 aromatic rings. The molecule has 9 nitrogen and oxygen atoms in total. The number of hydrogen-bond acceptors (Lipinski definition) is 7. The summed E-state index contributed by atoms with van der Waals surface area (Å²) in [7, 11) is 0. The third-order valence-electron chi connectivity index (χ3n) is 7.04. The van der Waals surface area contributed by atoms with Gasteiger partial charge in [0.05, 0.1) is 0 Å². The average molecular weight is 464 g/mol. The molecule has 0 aromatic heterocycles. The Hall–Kier alpha value is -2.26. The summed E-state index contributed by atoms with van der Waals surface area (Å²) in [5.74, 6) is -1.90. The zero-order chi connectivity index (χ0) is 23.6. The van der Waals surface area contributed by atoms with Crippen molar-refractivity contribution in [1.29, 1.82) is 0 Å². The van der Waals surface area contributed by atoms with Gasteiger partial charge in [-0.25, -0.2) is 4.79 Å². The number of rotatable bonds is 13. The highest BCUT2D eigenvalue weighted by atomic mass is 16.7. The molecular weight excluding hydrogens is 430 g/mol. The molecule has 6 atom stereocenters. The SMILES string of the molecule is C/C(=C\CCCCCCCCCCC(=O)O)C(=O)N[C@H]1C[C@]2(OC1=O)C(=O)[C@H]1O[C@H]1[C@H]1O[C@H]12. The van der Waals surface area contributed by atoms with E-state index in [1.54, 1.807) is 6.92 Å². The maximum absolute atomic E-state index is 12.7. The molecule has 0 radical (unpaired) electrons. The van der Waals surface area contributed by atoms with Crippen LogP contribution in [0.4, 0.5) is 0 Å². The van der Waals surface area contributed by atoms with Crippen molar-refractivity contribution in [3.63, 3.8) is 0 Å². The minimum atomic E-state index is -1.31. The van der Waals surface area contributed by atoms with E-state index in [4.69, 9.17) is 19.3 Å². The summed E-state index contributed by atoms with van der Waals surface area (Å²) < 4.78 is 16.4. The molecule has 0 aromatic carbocycles. The summed E-state index contributed by atoms with van der Waals surface area (Å²) in [5.41, 5.74) is -0.770. The van der Waals surface area contributed by atoms with E-state index in [1.807, 2.05) is 6.08 Å². The van der Waals surface area contributed by atoms with Crippen LogP contribution in [0.25, 0.3) is 0 Å². The van der Waals surface area contributed by atoms with Gasteiger partial charge < -0.3 is 24.6 Å². The Balaban J connectivity index is 1.11. The van der Waals surface area contributed by atoms with Crippen LogP contribution < -0.4 is 5.32 Å². The van der Waals surface area contributed by atoms with Crippen molar-refractivity contribution >= 4 is 23.6 Å². The van der Waals surface area contributed by atoms with Crippen molar-refractivity contribution < 1.29 is 38.5 Å². The maximum atomic E-state index is 12.7. The maximum Gasteiger partial charge on any atom is 0.329 e. The van der Waals surface area contributed by atoms with Gasteiger partial charge in [-0.05, 0) is 26.2 Å². The fraction of sp³-hybridized carbons (Fsp3) is 0.750. The number of aliphatic carboxylic acids is 1. The van der Waals surface area contributed by atoms with Gasteiger partial charge in [0.2, 0.25) is 17.3 Å². The van der Waals surface area contributed by atoms with Crippen molar-refractivity contribution in [2.24, 2.45) is 0 Å². The highest BCUT2D eigenvalue weighted by molar-refractivity contribution is 6.02. The molecule has 3 heterocycles. The molecule has 1 saturated carbocycles. The summed E-state index contributed by atoms with van der Waals surface area (Å²) >= 11 is 0. The molecule has 3 saturated heterocycles. The van der Waals surface area contributed by atoms with Crippen LogP contribution >= 0.6 is 0 Å². The second-order valence-electron chi connectivity index (χ2n) is 9.60. The lowest BCUT2D eigenvalue weighted by atomic mass is 9.80. The molecule has 182 valence electrons. The highest BCUT2D eigenvalue weighted by Crippen LogP contribution is 2.55. The van der Waals surface area contributed by atoms with E-state index in [9.17, 15) is 19.2 Å². The first-order valence-electron chi connectivity index (χ1n) is 12.1. The number of amides is 1. The number of hydrogen-bond donors (Lipinski definition) is 2. The fourth-order valence-corrected chi connectivity index (χ4v) is 4.99. The number of ether oxygens (including phenoxy) is 3. The lowest BCUT2D eigenvalue weighted by molar-refractivity contribution is -0.160. The van der Waals surface area contributed by atoms with Crippen LogP contribution in [0.1, 0.15) is 77.6 Å². The number of ketones is 1. The molecule has 2 N–H and O–H groups in total. The van der Waals surface area contributed by atoms with Gasteiger partial charge in [-0.1, -0.05) is 44.6 Å². The number of carbonyl (C=O) groups is 4. The van der Waals surface area contributed by atoms with Gasteiger partial charge in [-0.3, -0.25) is 14.4 Å². The van der Waals surface area contributed by atoms with Gasteiger partial charge in [0, 0.05) is 18.4 Å². The van der Waals surface area contributed by atoms with Crippen molar-refractivity contribution in [1.82, 2.24) is 5.32 Å². The Morgan fingerprint density at radius 1 is 1.03 bits per heavy atom. The number of carboxylic acid groups (broad SMARTS) is 1. The van der Waals surface area contributed by atoms with E-state index in [-0.39, 0.29) is 36.7 Å². The lowest BCUT2D eigenvalue weighted by Gasteiger charge is -2.25. The Kier molecular flexibility index (Phi) is 7.19. The second kappa shape index (κ2) is 9.93. The van der Waals surface area contributed by atoms with Crippen LogP contribution in [-0.4, -0.2) is 64.8 Å². The summed E-state index contributed by atoms with van der Waals surface area (Å²) in [6, 6.07) is -0.861. The first-order valence-corrected chi connectivity index (χ1v) is 12.1. The van der Waals surface area contributed by atoms with Crippen molar-refractivity contribution in [3.05, 3.63) is 11.6 Å². The predicted octanol–water partition coefficient (Wildman–Crippen LogP) is 2.21. The van der Waals surface area contributed by atoms with Crippen molar-refractivity contribution in [2.75, 3.05) is 0 Å². The Bertz CT molecular complexity index is 838. The van der Waals surface area contributed by atoms with Crippen LogP contribution in [0.2, 0.25) is 0 Å². The third-order valence-corrected chi connectivity index (χ3v) is 7.04. The van der Waals surface area contributed by atoms with Gasteiger partial charge in [-0.15, -0.1) is 0 Å².